The molecule has 1 aromatic rings. The second kappa shape index (κ2) is 5.21. The van der Waals surface area contributed by atoms with Gasteiger partial charge in [-0.1, -0.05) is 38.8 Å². The van der Waals surface area contributed by atoms with Crippen LogP contribution in [0.1, 0.15) is 52.1 Å². The summed E-state index contributed by atoms with van der Waals surface area (Å²) in [6, 6.07) is 2.56. The van der Waals surface area contributed by atoms with Crippen LogP contribution in [0.3, 0.4) is 0 Å². The summed E-state index contributed by atoms with van der Waals surface area (Å²) >= 11 is 0. The van der Waals surface area contributed by atoms with Gasteiger partial charge in [-0.3, -0.25) is 0 Å². The van der Waals surface area contributed by atoms with Crippen LogP contribution < -0.4 is 5.32 Å². The number of aromatic nitrogens is 1. The molecular formula is C14H24N2O. The topological polar surface area (TPSA) is 38.1 Å². The van der Waals surface area contributed by atoms with Gasteiger partial charge in [-0.05, 0) is 24.2 Å². The smallest absolute Gasteiger partial charge is 0.124 e. The van der Waals surface area contributed by atoms with Crippen molar-refractivity contribution in [2.24, 2.45) is 11.3 Å². The lowest BCUT2D eigenvalue weighted by Crippen LogP contribution is -2.43. The van der Waals surface area contributed by atoms with Gasteiger partial charge in [-0.2, -0.15) is 0 Å². The fourth-order valence-electron chi connectivity index (χ4n) is 2.98. The quantitative estimate of drug-likeness (QED) is 0.874. The van der Waals surface area contributed by atoms with Crippen molar-refractivity contribution in [3.63, 3.8) is 0 Å². The Hall–Kier alpha value is -0.830. The summed E-state index contributed by atoms with van der Waals surface area (Å²) in [6.45, 7) is 7.89. The fourth-order valence-corrected chi connectivity index (χ4v) is 2.98. The van der Waals surface area contributed by atoms with Crippen molar-refractivity contribution < 1.29 is 4.52 Å². The number of hydrogen-bond acceptors (Lipinski definition) is 3. The van der Waals surface area contributed by atoms with Crippen molar-refractivity contribution in [2.75, 3.05) is 0 Å². The van der Waals surface area contributed by atoms with Gasteiger partial charge in [0.15, 0.2) is 0 Å². The van der Waals surface area contributed by atoms with Gasteiger partial charge in [0.05, 0.1) is 5.69 Å². The lowest BCUT2D eigenvalue weighted by Gasteiger charge is -2.40. The molecule has 0 spiro atoms. The SMILES string of the molecule is CC(C)(C)C1CCCCC1NCc1ccon1. The van der Waals surface area contributed by atoms with E-state index in [1.54, 1.807) is 6.26 Å². The first kappa shape index (κ1) is 12.6. The van der Waals surface area contributed by atoms with E-state index in [0.717, 1.165) is 18.2 Å². The minimum absolute atomic E-state index is 0.391. The average molecular weight is 236 g/mol. The first-order chi connectivity index (χ1) is 8.07. The van der Waals surface area contributed by atoms with E-state index in [-0.39, 0.29) is 0 Å². The summed E-state index contributed by atoms with van der Waals surface area (Å²) in [4.78, 5) is 0. The van der Waals surface area contributed by atoms with E-state index >= 15 is 0 Å². The molecule has 17 heavy (non-hydrogen) atoms. The third kappa shape index (κ3) is 3.32. The zero-order valence-corrected chi connectivity index (χ0v) is 11.2. The molecule has 0 aliphatic heterocycles. The molecule has 1 aromatic heterocycles. The van der Waals surface area contributed by atoms with Crippen LogP contribution in [-0.4, -0.2) is 11.2 Å². The Morgan fingerprint density at radius 3 is 2.76 bits per heavy atom. The fraction of sp³-hybridized carbons (Fsp3) is 0.786. The molecule has 96 valence electrons. The Balaban J connectivity index is 1.92. The van der Waals surface area contributed by atoms with Crippen molar-refractivity contribution in [1.82, 2.24) is 10.5 Å². The Morgan fingerprint density at radius 2 is 2.12 bits per heavy atom. The molecular weight excluding hydrogens is 212 g/mol. The highest BCUT2D eigenvalue weighted by Crippen LogP contribution is 2.38. The molecule has 1 N–H and O–H groups in total. The summed E-state index contributed by atoms with van der Waals surface area (Å²) in [6.07, 6.45) is 7.01. The molecule has 1 fully saturated rings. The Morgan fingerprint density at radius 1 is 1.35 bits per heavy atom. The van der Waals surface area contributed by atoms with Crippen LogP contribution in [0, 0.1) is 11.3 Å². The molecule has 2 atom stereocenters. The number of nitrogens with one attached hydrogen (secondary N) is 1. The van der Waals surface area contributed by atoms with Gasteiger partial charge in [-0.25, -0.2) is 0 Å². The molecule has 1 aliphatic rings. The first-order valence-corrected chi connectivity index (χ1v) is 6.70. The molecule has 2 rings (SSSR count). The summed E-state index contributed by atoms with van der Waals surface area (Å²) in [5.41, 5.74) is 1.39. The van der Waals surface area contributed by atoms with Gasteiger partial charge in [0.25, 0.3) is 0 Å². The predicted molar refractivity (Wildman–Crippen MR) is 68.5 cm³/mol. The normalized spacial score (nSPS) is 26.1. The number of hydrogen-bond donors (Lipinski definition) is 1. The molecule has 2 unspecified atom stereocenters. The summed E-state index contributed by atoms with van der Waals surface area (Å²) in [5.74, 6) is 0.767. The number of nitrogens with zero attached hydrogens (tertiary/aromatic N) is 1. The highest BCUT2D eigenvalue weighted by atomic mass is 16.5. The second-order valence-electron chi connectivity index (χ2n) is 6.24. The molecule has 3 nitrogen and oxygen atoms in total. The molecule has 0 aromatic carbocycles. The van der Waals surface area contributed by atoms with Crippen molar-refractivity contribution in [1.29, 1.82) is 0 Å². The van der Waals surface area contributed by atoms with Crippen molar-refractivity contribution in [3.05, 3.63) is 18.0 Å². The molecule has 0 saturated heterocycles. The molecule has 1 aliphatic carbocycles. The van der Waals surface area contributed by atoms with Gasteiger partial charge in [0.2, 0.25) is 0 Å². The maximum atomic E-state index is 4.86. The van der Waals surface area contributed by atoms with Gasteiger partial charge in [0.1, 0.15) is 6.26 Å². The van der Waals surface area contributed by atoms with Gasteiger partial charge in [-0.15, -0.1) is 0 Å². The third-order valence-corrected chi connectivity index (χ3v) is 3.91. The van der Waals surface area contributed by atoms with E-state index in [4.69, 9.17) is 4.52 Å². The van der Waals surface area contributed by atoms with E-state index in [1.807, 2.05) is 6.07 Å². The summed E-state index contributed by atoms with van der Waals surface area (Å²) < 4.78 is 4.86. The first-order valence-electron chi connectivity index (χ1n) is 6.70. The van der Waals surface area contributed by atoms with Crippen LogP contribution in [0.2, 0.25) is 0 Å². The zero-order chi connectivity index (χ0) is 12.3. The Labute approximate surface area is 104 Å². The van der Waals surface area contributed by atoms with Gasteiger partial charge in [0, 0.05) is 18.7 Å². The van der Waals surface area contributed by atoms with Crippen LogP contribution in [0.5, 0.6) is 0 Å². The number of rotatable bonds is 3. The Kier molecular flexibility index (Phi) is 3.87. The lowest BCUT2D eigenvalue weighted by molar-refractivity contribution is 0.129. The maximum absolute atomic E-state index is 4.86. The largest absolute Gasteiger partial charge is 0.364 e. The summed E-state index contributed by atoms with van der Waals surface area (Å²) in [5, 5.41) is 7.61. The van der Waals surface area contributed by atoms with Crippen LogP contribution in [0.15, 0.2) is 16.9 Å². The molecule has 0 radical (unpaired) electrons. The monoisotopic (exact) mass is 236 g/mol. The van der Waals surface area contributed by atoms with E-state index in [9.17, 15) is 0 Å². The van der Waals surface area contributed by atoms with Crippen LogP contribution in [-0.2, 0) is 6.54 Å². The van der Waals surface area contributed by atoms with E-state index < -0.39 is 0 Å². The standard InChI is InChI=1S/C14H24N2O/c1-14(2,3)12-6-4-5-7-13(12)15-10-11-8-9-17-16-11/h8-9,12-13,15H,4-7,10H2,1-3H3. The van der Waals surface area contributed by atoms with Gasteiger partial charge < -0.3 is 9.84 Å². The Bertz CT molecular complexity index is 326. The lowest BCUT2D eigenvalue weighted by atomic mass is 9.69. The second-order valence-corrected chi connectivity index (χ2v) is 6.24. The van der Waals surface area contributed by atoms with Crippen LogP contribution >= 0.6 is 0 Å². The van der Waals surface area contributed by atoms with E-state index in [0.29, 0.717) is 11.5 Å². The van der Waals surface area contributed by atoms with Crippen LogP contribution in [0.4, 0.5) is 0 Å². The predicted octanol–water partition coefficient (Wildman–Crippen LogP) is 3.37. The minimum Gasteiger partial charge on any atom is -0.364 e. The molecule has 3 heteroatoms. The highest BCUT2D eigenvalue weighted by molar-refractivity contribution is 4.96. The van der Waals surface area contributed by atoms with E-state index in [2.05, 4.69) is 31.2 Å². The van der Waals surface area contributed by atoms with Crippen LogP contribution in [0.25, 0.3) is 0 Å². The summed E-state index contributed by atoms with van der Waals surface area (Å²) in [7, 11) is 0. The molecule has 1 saturated carbocycles. The van der Waals surface area contributed by atoms with Crippen molar-refractivity contribution in [2.45, 2.75) is 59.0 Å². The van der Waals surface area contributed by atoms with Crippen molar-refractivity contribution >= 4 is 0 Å². The van der Waals surface area contributed by atoms with Gasteiger partial charge >= 0.3 is 0 Å². The maximum Gasteiger partial charge on any atom is 0.124 e. The average Bonchev–Trinajstić information content (AvgIpc) is 2.78. The highest BCUT2D eigenvalue weighted by Gasteiger charge is 2.33. The molecule has 0 bridgehead atoms. The zero-order valence-electron chi connectivity index (χ0n) is 11.2. The molecule has 1 heterocycles. The van der Waals surface area contributed by atoms with E-state index in [1.165, 1.54) is 25.7 Å². The minimum atomic E-state index is 0.391. The van der Waals surface area contributed by atoms with Crippen molar-refractivity contribution in [3.8, 4) is 0 Å². The third-order valence-electron chi connectivity index (χ3n) is 3.91. The molecule has 0 amide bonds.